The summed E-state index contributed by atoms with van der Waals surface area (Å²) in [5, 5.41) is 18.0. The third kappa shape index (κ3) is 9.12. The quantitative estimate of drug-likeness (QED) is 0.383. The molecule has 0 rings (SSSR count). The lowest BCUT2D eigenvalue weighted by atomic mass is 9.95. The van der Waals surface area contributed by atoms with Crippen LogP contribution in [0.1, 0.15) is 65.2 Å². The second-order valence-electron chi connectivity index (χ2n) is 5.63. The second kappa shape index (κ2) is 11.4. The summed E-state index contributed by atoms with van der Waals surface area (Å²) in [7, 11) is 0. The number of carboxylic acid groups (broad SMARTS) is 2. The van der Waals surface area contributed by atoms with Gasteiger partial charge < -0.3 is 19.7 Å². The predicted octanol–water partition coefficient (Wildman–Crippen LogP) is 2.14. The Hall–Kier alpha value is -2.12. The van der Waals surface area contributed by atoms with E-state index in [2.05, 4.69) is 11.7 Å². The zero-order chi connectivity index (χ0) is 18.6. The molecule has 0 saturated carbocycles. The summed E-state index contributed by atoms with van der Waals surface area (Å²) in [6.07, 6.45) is 4.08. The van der Waals surface area contributed by atoms with E-state index in [1.807, 2.05) is 0 Å². The molecule has 8 nitrogen and oxygen atoms in total. The van der Waals surface area contributed by atoms with Gasteiger partial charge in [0.15, 0.2) is 0 Å². The van der Waals surface area contributed by atoms with Crippen LogP contribution < -0.4 is 0 Å². The standard InChI is InChI=1S/C16H26O8/c1-3-4-5-6-7-8-9-23-14(20)11-16(15(21)22,10-13(18)19)24-12(2)17/h3-11H2,1-2H3,(H,18,19)(H,21,22). The van der Waals surface area contributed by atoms with E-state index < -0.39 is 42.3 Å². The van der Waals surface area contributed by atoms with E-state index in [1.54, 1.807) is 0 Å². The number of hydrogen-bond acceptors (Lipinski definition) is 6. The third-order valence-electron chi connectivity index (χ3n) is 3.36. The van der Waals surface area contributed by atoms with Gasteiger partial charge in [0.05, 0.1) is 19.4 Å². The maximum absolute atomic E-state index is 11.8. The van der Waals surface area contributed by atoms with Gasteiger partial charge in [-0.05, 0) is 6.42 Å². The van der Waals surface area contributed by atoms with Crippen molar-refractivity contribution in [3.63, 3.8) is 0 Å². The van der Waals surface area contributed by atoms with E-state index in [-0.39, 0.29) is 6.61 Å². The Labute approximate surface area is 141 Å². The van der Waals surface area contributed by atoms with Gasteiger partial charge in [-0.3, -0.25) is 14.4 Å². The topological polar surface area (TPSA) is 127 Å². The molecular formula is C16H26O8. The van der Waals surface area contributed by atoms with Crippen LogP contribution >= 0.6 is 0 Å². The van der Waals surface area contributed by atoms with Gasteiger partial charge in [0.1, 0.15) is 0 Å². The number of carboxylic acids is 2. The van der Waals surface area contributed by atoms with Gasteiger partial charge in [-0.1, -0.05) is 39.0 Å². The molecule has 0 amide bonds. The summed E-state index contributed by atoms with van der Waals surface area (Å²) in [4.78, 5) is 45.1. The average molecular weight is 346 g/mol. The van der Waals surface area contributed by atoms with Crippen molar-refractivity contribution in [1.29, 1.82) is 0 Å². The summed E-state index contributed by atoms with van der Waals surface area (Å²) in [6, 6.07) is 0. The van der Waals surface area contributed by atoms with Gasteiger partial charge in [0, 0.05) is 6.92 Å². The lowest BCUT2D eigenvalue weighted by Gasteiger charge is -2.26. The van der Waals surface area contributed by atoms with Crippen molar-refractivity contribution in [3.8, 4) is 0 Å². The van der Waals surface area contributed by atoms with Crippen LogP contribution in [0.25, 0.3) is 0 Å². The van der Waals surface area contributed by atoms with Gasteiger partial charge >= 0.3 is 23.9 Å². The Balaban J connectivity index is 4.51. The van der Waals surface area contributed by atoms with Crippen molar-refractivity contribution in [2.24, 2.45) is 0 Å². The smallest absolute Gasteiger partial charge is 0.349 e. The number of hydrogen-bond donors (Lipinski definition) is 2. The van der Waals surface area contributed by atoms with Crippen LogP contribution in [0.4, 0.5) is 0 Å². The minimum Gasteiger partial charge on any atom is -0.481 e. The van der Waals surface area contributed by atoms with E-state index in [9.17, 15) is 24.3 Å². The van der Waals surface area contributed by atoms with Crippen molar-refractivity contribution in [2.75, 3.05) is 6.61 Å². The first-order valence-corrected chi connectivity index (χ1v) is 8.04. The van der Waals surface area contributed by atoms with Gasteiger partial charge in [-0.2, -0.15) is 0 Å². The molecule has 2 N–H and O–H groups in total. The Morgan fingerprint density at radius 1 is 0.917 bits per heavy atom. The first-order chi connectivity index (χ1) is 11.2. The minimum atomic E-state index is -2.45. The van der Waals surface area contributed by atoms with Crippen LogP contribution in [-0.4, -0.2) is 46.3 Å². The largest absolute Gasteiger partial charge is 0.481 e. The highest BCUT2D eigenvalue weighted by atomic mass is 16.6. The summed E-state index contributed by atoms with van der Waals surface area (Å²) < 4.78 is 9.56. The summed E-state index contributed by atoms with van der Waals surface area (Å²) in [5.41, 5.74) is -2.45. The maximum Gasteiger partial charge on any atom is 0.349 e. The highest BCUT2D eigenvalue weighted by Crippen LogP contribution is 2.23. The summed E-state index contributed by atoms with van der Waals surface area (Å²) >= 11 is 0. The Morgan fingerprint density at radius 2 is 1.50 bits per heavy atom. The predicted molar refractivity (Wildman–Crippen MR) is 83.3 cm³/mol. The van der Waals surface area contributed by atoms with Crippen molar-refractivity contribution in [2.45, 2.75) is 70.8 Å². The Bertz CT molecular complexity index is 427. The minimum absolute atomic E-state index is 0.119. The maximum atomic E-state index is 11.8. The van der Waals surface area contributed by atoms with Crippen molar-refractivity contribution in [3.05, 3.63) is 0 Å². The van der Waals surface area contributed by atoms with E-state index in [0.29, 0.717) is 6.42 Å². The summed E-state index contributed by atoms with van der Waals surface area (Å²) in [6.45, 7) is 3.17. The molecule has 0 bridgehead atoms. The number of unbranched alkanes of at least 4 members (excludes halogenated alkanes) is 5. The van der Waals surface area contributed by atoms with Crippen LogP contribution in [0.5, 0.6) is 0 Å². The molecule has 0 aromatic carbocycles. The van der Waals surface area contributed by atoms with Gasteiger partial charge in [-0.25, -0.2) is 4.79 Å². The van der Waals surface area contributed by atoms with Gasteiger partial charge in [0.25, 0.3) is 0 Å². The molecule has 0 spiro atoms. The molecular weight excluding hydrogens is 320 g/mol. The fourth-order valence-electron chi connectivity index (χ4n) is 2.20. The fraction of sp³-hybridized carbons (Fsp3) is 0.750. The molecule has 0 radical (unpaired) electrons. The lowest BCUT2D eigenvalue weighted by Crippen LogP contribution is -2.47. The zero-order valence-electron chi connectivity index (χ0n) is 14.2. The van der Waals surface area contributed by atoms with Crippen LogP contribution in [0.2, 0.25) is 0 Å². The molecule has 1 atom stereocenters. The lowest BCUT2D eigenvalue weighted by molar-refractivity contribution is -0.185. The van der Waals surface area contributed by atoms with Crippen molar-refractivity contribution >= 4 is 23.9 Å². The van der Waals surface area contributed by atoms with Crippen molar-refractivity contribution < 1.29 is 38.9 Å². The van der Waals surface area contributed by atoms with Crippen LogP contribution in [-0.2, 0) is 28.7 Å². The zero-order valence-corrected chi connectivity index (χ0v) is 14.2. The molecule has 138 valence electrons. The first-order valence-electron chi connectivity index (χ1n) is 8.04. The number of carbonyl (C=O) groups is 4. The molecule has 0 aliphatic heterocycles. The van der Waals surface area contributed by atoms with Crippen LogP contribution in [0.3, 0.4) is 0 Å². The highest BCUT2D eigenvalue weighted by molar-refractivity contribution is 5.90. The highest BCUT2D eigenvalue weighted by Gasteiger charge is 2.47. The third-order valence-corrected chi connectivity index (χ3v) is 3.36. The molecule has 0 fully saturated rings. The summed E-state index contributed by atoms with van der Waals surface area (Å²) in [5.74, 6) is -5.09. The number of carbonyl (C=O) groups excluding carboxylic acids is 2. The normalized spacial score (nSPS) is 12.9. The first kappa shape index (κ1) is 21.9. The van der Waals surface area contributed by atoms with E-state index in [0.717, 1.165) is 39.0 Å². The number of aliphatic carboxylic acids is 2. The SMILES string of the molecule is CCCCCCCCOC(=O)CC(CC(=O)O)(OC(C)=O)C(=O)O. The van der Waals surface area contributed by atoms with Gasteiger partial charge in [0.2, 0.25) is 5.60 Å². The number of rotatable bonds is 13. The van der Waals surface area contributed by atoms with Crippen LogP contribution in [0, 0.1) is 0 Å². The molecule has 1 unspecified atom stereocenters. The van der Waals surface area contributed by atoms with Gasteiger partial charge in [-0.15, -0.1) is 0 Å². The molecule has 0 saturated heterocycles. The van der Waals surface area contributed by atoms with E-state index >= 15 is 0 Å². The van der Waals surface area contributed by atoms with Crippen molar-refractivity contribution in [1.82, 2.24) is 0 Å². The molecule has 0 aliphatic rings. The number of ether oxygens (including phenoxy) is 2. The molecule has 0 heterocycles. The molecule has 0 aromatic heterocycles. The van der Waals surface area contributed by atoms with E-state index in [4.69, 9.17) is 9.84 Å². The monoisotopic (exact) mass is 346 g/mol. The second-order valence-corrected chi connectivity index (χ2v) is 5.63. The Morgan fingerprint density at radius 3 is 2.00 bits per heavy atom. The van der Waals surface area contributed by atoms with Crippen LogP contribution in [0.15, 0.2) is 0 Å². The molecule has 0 aromatic rings. The molecule has 24 heavy (non-hydrogen) atoms. The molecule has 8 heteroatoms. The van der Waals surface area contributed by atoms with E-state index in [1.165, 1.54) is 0 Å². The Kier molecular flexibility index (Phi) is 10.4. The fourth-order valence-corrected chi connectivity index (χ4v) is 2.20. The molecule has 0 aliphatic carbocycles. The average Bonchev–Trinajstić information content (AvgIpc) is 2.44. The number of esters is 2.